The van der Waals surface area contributed by atoms with Crippen molar-refractivity contribution in [1.29, 1.82) is 0 Å². The highest BCUT2D eigenvalue weighted by molar-refractivity contribution is 5.92. The molecule has 1 aliphatic rings. The Hall–Kier alpha value is -3.29. The zero-order chi connectivity index (χ0) is 18.6. The van der Waals surface area contributed by atoms with Crippen LogP contribution < -0.4 is 10.2 Å². The number of rotatable bonds is 4. The van der Waals surface area contributed by atoms with Crippen molar-refractivity contribution in [2.24, 2.45) is 5.92 Å². The largest absolute Gasteiger partial charge is 0.354 e. The first-order valence-corrected chi connectivity index (χ1v) is 9.00. The second kappa shape index (κ2) is 7.53. The zero-order valence-electron chi connectivity index (χ0n) is 15.1. The van der Waals surface area contributed by atoms with E-state index in [1.54, 1.807) is 30.7 Å². The van der Waals surface area contributed by atoms with Crippen LogP contribution in [0.5, 0.6) is 0 Å². The fourth-order valence-corrected chi connectivity index (χ4v) is 3.31. The van der Waals surface area contributed by atoms with Crippen LogP contribution >= 0.6 is 0 Å². The lowest BCUT2D eigenvalue weighted by Crippen LogP contribution is -2.41. The van der Waals surface area contributed by atoms with E-state index in [1.807, 2.05) is 29.8 Å². The molecule has 0 aromatic carbocycles. The Morgan fingerprint density at radius 1 is 1.11 bits per heavy atom. The lowest BCUT2D eigenvalue weighted by Gasteiger charge is -2.32. The van der Waals surface area contributed by atoms with Crippen molar-refractivity contribution in [3.63, 3.8) is 0 Å². The van der Waals surface area contributed by atoms with E-state index < -0.39 is 0 Å². The van der Waals surface area contributed by atoms with E-state index in [0.29, 0.717) is 6.54 Å². The molecule has 8 heteroatoms. The summed E-state index contributed by atoms with van der Waals surface area (Å²) in [5.41, 5.74) is 0.770. The normalized spacial score (nSPS) is 16.9. The molecule has 0 saturated carbocycles. The van der Waals surface area contributed by atoms with Crippen LogP contribution in [0.25, 0.3) is 5.82 Å². The molecule has 27 heavy (non-hydrogen) atoms. The maximum absolute atomic E-state index is 12.6. The molecule has 1 unspecified atom stereocenters. The number of hydrogen-bond acceptors (Lipinski definition) is 6. The Bertz CT molecular complexity index is 907. The average molecular weight is 363 g/mol. The van der Waals surface area contributed by atoms with Crippen LogP contribution in [0.1, 0.15) is 18.7 Å². The van der Waals surface area contributed by atoms with Crippen LogP contribution in [0.4, 0.5) is 11.5 Å². The van der Waals surface area contributed by atoms with Crippen LogP contribution in [0.3, 0.4) is 0 Å². The van der Waals surface area contributed by atoms with Crippen molar-refractivity contribution < 1.29 is 4.79 Å². The Morgan fingerprint density at radius 2 is 1.89 bits per heavy atom. The van der Waals surface area contributed by atoms with Gasteiger partial charge in [-0.05, 0) is 44.0 Å². The van der Waals surface area contributed by atoms with Crippen LogP contribution in [-0.4, -0.2) is 43.7 Å². The molecule has 4 heterocycles. The summed E-state index contributed by atoms with van der Waals surface area (Å²) < 4.78 is 1.89. The molecule has 0 bridgehead atoms. The standard InChI is InChI=1S/C19H21N7O/c1-14-21-10-12-26(14)18-5-4-17(23-24-18)25-11-2-3-15(13-25)19(27)22-16-6-8-20-9-7-16/h4-10,12,15H,2-3,11,13H2,1H3,(H,20,22,27). The number of carbonyl (C=O) groups excluding carboxylic acids is 1. The second-order valence-electron chi connectivity index (χ2n) is 6.60. The van der Waals surface area contributed by atoms with E-state index in [9.17, 15) is 4.79 Å². The van der Waals surface area contributed by atoms with E-state index in [2.05, 4.69) is 30.4 Å². The maximum Gasteiger partial charge on any atom is 0.229 e. The summed E-state index contributed by atoms with van der Waals surface area (Å²) in [6.07, 6.45) is 8.75. The minimum Gasteiger partial charge on any atom is -0.354 e. The number of amides is 1. The minimum absolute atomic E-state index is 0.0320. The van der Waals surface area contributed by atoms with Crippen LogP contribution in [0.15, 0.2) is 49.1 Å². The highest BCUT2D eigenvalue weighted by Crippen LogP contribution is 2.23. The molecule has 8 nitrogen and oxygen atoms in total. The van der Waals surface area contributed by atoms with E-state index in [-0.39, 0.29) is 11.8 Å². The summed E-state index contributed by atoms with van der Waals surface area (Å²) in [4.78, 5) is 22.9. The number of pyridine rings is 1. The Labute approximate surface area is 157 Å². The number of hydrogen-bond donors (Lipinski definition) is 1. The molecule has 1 amide bonds. The van der Waals surface area contributed by atoms with Gasteiger partial charge in [0.2, 0.25) is 5.91 Å². The number of anilines is 2. The Morgan fingerprint density at radius 3 is 2.59 bits per heavy atom. The monoisotopic (exact) mass is 363 g/mol. The lowest BCUT2D eigenvalue weighted by molar-refractivity contribution is -0.120. The third-order valence-electron chi connectivity index (χ3n) is 4.77. The molecule has 0 aliphatic carbocycles. The van der Waals surface area contributed by atoms with Gasteiger partial charge >= 0.3 is 0 Å². The molecular formula is C19H21N7O. The van der Waals surface area contributed by atoms with Gasteiger partial charge in [-0.3, -0.25) is 14.3 Å². The fraction of sp³-hybridized carbons (Fsp3) is 0.316. The van der Waals surface area contributed by atoms with Gasteiger partial charge in [0.15, 0.2) is 11.6 Å². The number of aromatic nitrogens is 5. The predicted octanol–water partition coefficient (Wildman–Crippen LogP) is 2.22. The highest BCUT2D eigenvalue weighted by atomic mass is 16.1. The summed E-state index contributed by atoms with van der Waals surface area (Å²) >= 11 is 0. The van der Waals surface area contributed by atoms with Gasteiger partial charge in [0.05, 0.1) is 5.92 Å². The van der Waals surface area contributed by atoms with Gasteiger partial charge in [-0.25, -0.2) is 4.98 Å². The number of nitrogens with one attached hydrogen (secondary N) is 1. The van der Waals surface area contributed by atoms with E-state index in [1.165, 1.54) is 0 Å². The number of nitrogens with zero attached hydrogens (tertiary/aromatic N) is 6. The van der Waals surface area contributed by atoms with Gasteiger partial charge in [0.25, 0.3) is 0 Å². The molecular weight excluding hydrogens is 342 g/mol. The Balaban J connectivity index is 1.43. The van der Waals surface area contributed by atoms with Gasteiger partial charge in [0, 0.05) is 43.6 Å². The molecule has 1 aliphatic heterocycles. The summed E-state index contributed by atoms with van der Waals surface area (Å²) in [7, 11) is 0. The molecule has 1 saturated heterocycles. The number of carbonyl (C=O) groups is 1. The number of aryl methyl sites for hydroxylation is 1. The van der Waals surface area contributed by atoms with Gasteiger partial charge in [-0.15, -0.1) is 10.2 Å². The van der Waals surface area contributed by atoms with Gasteiger partial charge < -0.3 is 10.2 Å². The molecule has 1 N–H and O–H groups in total. The van der Waals surface area contributed by atoms with Crippen LogP contribution in [-0.2, 0) is 4.79 Å². The highest BCUT2D eigenvalue weighted by Gasteiger charge is 2.26. The molecule has 3 aromatic rings. The van der Waals surface area contributed by atoms with Crippen molar-refractivity contribution >= 4 is 17.4 Å². The fourth-order valence-electron chi connectivity index (χ4n) is 3.31. The molecule has 138 valence electrons. The van der Waals surface area contributed by atoms with Crippen LogP contribution in [0, 0.1) is 12.8 Å². The van der Waals surface area contributed by atoms with E-state index in [4.69, 9.17) is 0 Å². The molecule has 1 atom stereocenters. The maximum atomic E-state index is 12.6. The number of imidazole rings is 1. The third kappa shape index (κ3) is 3.79. The lowest BCUT2D eigenvalue weighted by atomic mass is 9.97. The zero-order valence-corrected chi connectivity index (χ0v) is 15.1. The van der Waals surface area contributed by atoms with Crippen molar-refractivity contribution in [3.8, 4) is 5.82 Å². The van der Waals surface area contributed by atoms with Crippen LogP contribution in [0.2, 0.25) is 0 Å². The molecule has 3 aromatic heterocycles. The smallest absolute Gasteiger partial charge is 0.229 e. The van der Waals surface area contributed by atoms with Crippen molar-refractivity contribution in [2.75, 3.05) is 23.3 Å². The number of piperidine rings is 1. The first-order valence-electron chi connectivity index (χ1n) is 9.00. The van der Waals surface area contributed by atoms with Crippen molar-refractivity contribution in [1.82, 2.24) is 24.7 Å². The molecule has 4 rings (SSSR count). The average Bonchev–Trinajstić information content (AvgIpc) is 3.15. The quantitative estimate of drug-likeness (QED) is 0.765. The first-order chi connectivity index (χ1) is 13.2. The summed E-state index contributed by atoms with van der Waals surface area (Å²) in [5.74, 6) is 2.34. The van der Waals surface area contributed by atoms with Crippen molar-refractivity contribution in [3.05, 3.63) is 54.9 Å². The van der Waals surface area contributed by atoms with Crippen molar-refractivity contribution in [2.45, 2.75) is 19.8 Å². The molecule has 0 radical (unpaired) electrons. The minimum atomic E-state index is -0.0794. The van der Waals surface area contributed by atoms with E-state index in [0.717, 1.165) is 42.5 Å². The second-order valence-corrected chi connectivity index (χ2v) is 6.60. The van der Waals surface area contributed by atoms with E-state index >= 15 is 0 Å². The summed E-state index contributed by atoms with van der Waals surface area (Å²) in [6, 6.07) is 7.46. The SMILES string of the molecule is Cc1nccn1-c1ccc(N2CCCC(C(=O)Nc3ccncc3)C2)nn1. The topological polar surface area (TPSA) is 88.8 Å². The van der Waals surface area contributed by atoms with Gasteiger partial charge in [-0.2, -0.15) is 0 Å². The van der Waals surface area contributed by atoms with Gasteiger partial charge in [-0.1, -0.05) is 0 Å². The Kier molecular flexibility index (Phi) is 4.78. The first kappa shape index (κ1) is 17.1. The third-order valence-corrected chi connectivity index (χ3v) is 4.77. The molecule has 0 spiro atoms. The summed E-state index contributed by atoms with van der Waals surface area (Å²) in [6.45, 7) is 3.43. The summed E-state index contributed by atoms with van der Waals surface area (Å²) in [5, 5.41) is 11.6. The van der Waals surface area contributed by atoms with Gasteiger partial charge in [0.1, 0.15) is 5.82 Å². The molecule has 1 fully saturated rings. The predicted molar refractivity (Wildman–Crippen MR) is 102 cm³/mol.